The Morgan fingerprint density at radius 3 is 2.88 bits per heavy atom. The SMILES string of the molecule is CCCNc1cc(-c2ccc(C)c(F)c2)[nH]n1. The zero-order chi connectivity index (χ0) is 12.3. The Morgan fingerprint density at radius 1 is 1.35 bits per heavy atom. The number of anilines is 1. The molecule has 0 aliphatic rings. The van der Waals surface area contributed by atoms with Gasteiger partial charge in [-0.05, 0) is 25.0 Å². The molecule has 4 heteroatoms. The lowest BCUT2D eigenvalue weighted by molar-refractivity contribution is 0.619. The second kappa shape index (κ2) is 4.99. The molecule has 3 nitrogen and oxygen atoms in total. The number of aryl methyl sites for hydroxylation is 1. The third-order valence-electron chi connectivity index (χ3n) is 2.62. The maximum Gasteiger partial charge on any atom is 0.148 e. The van der Waals surface area contributed by atoms with Gasteiger partial charge in [-0.25, -0.2) is 4.39 Å². The summed E-state index contributed by atoms with van der Waals surface area (Å²) >= 11 is 0. The molecular weight excluding hydrogens is 217 g/mol. The van der Waals surface area contributed by atoms with Crippen molar-refractivity contribution >= 4 is 5.82 Å². The van der Waals surface area contributed by atoms with Crippen LogP contribution in [0.25, 0.3) is 11.3 Å². The van der Waals surface area contributed by atoms with Gasteiger partial charge in [-0.15, -0.1) is 0 Å². The fourth-order valence-electron chi connectivity index (χ4n) is 1.57. The van der Waals surface area contributed by atoms with E-state index < -0.39 is 0 Å². The molecule has 1 heterocycles. The van der Waals surface area contributed by atoms with Crippen LogP contribution in [-0.2, 0) is 0 Å². The highest BCUT2D eigenvalue weighted by molar-refractivity contribution is 5.63. The highest BCUT2D eigenvalue weighted by atomic mass is 19.1. The predicted molar refractivity (Wildman–Crippen MR) is 67.5 cm³/mol. The van der Waals surface area contributed by atoms with Crippen LogP contribution >= 0.6 is 0 Å². The molecule has 1 aromatic heterocycles. The zero-order valence-electron chi connectivity index (χ0n) is 10.0. The average molecular weight is 233 g/mol. The van der Waals surface area contributed by atoms with Crippen LogP contribution in [0, 0.1) is 12.7 Å². The molecule has 0 unspecified atom stereocenters. The van der Waals surface area contributed by atoms with E-state index in [2.05, 4.69) is 22.4 Å². The molecule has 17 heavy (non-hydrogen) atoms. The quantitative estimate of drug-likeness (QED) is 0.850. The summed E-state index contributed by atoms with van der Waals surface area (Å²) in [6.45, 7) is 4.72. The molecule has 1 aromatic carbocycles. The topological polar surface area (TPSA) is 40.7 Å². The standard InChI is InChI=1S/C13H16FN3/c1-3-6-15-13-8-12(16-17-13)10-5-4-9(2)11(14)7-10/h4-5,7-8H,3,6H2,1-2H3,(H2,15,16,17). The first-order valence-corrected chi connectivity index (χ1v) is 5.76. The summed E-state index contributed by atoms with van der Waals surface area (Å²) in [6.07, 6.45) is 1.04. The van der Waals surface area contributed by atoms with E-state index in [0.29, 0.717) is 5.56 Å². The van der Waals surface area contributed by atoms with Gasteiger partial charge in [0.1, 0.15) is 11.6 Å². The number of nitrogens with zero attached hydrogens (tertiary/aromatic N) is 1. The van der Waals surface area contributed by atoms with Crippen molar-refractivity contribution in [2.75, 3.05) is 11.9 Å². The number of aromatic amines is 1. The summed E-state index contributed by atoms with van der Waals surface area (Å²) in [5.74, 6) is 0.600. The minimum atomic E-state index is -0.194. The number of nitrogens with one attached hydrogen (secondary N) is 2. The molecule has 0 aliphatic heterocycles. The van der Waals surface area contributed by atoms with Gasteiger partial charge in [-0.3, -0.25) is 5.10 Å². The third kappa shape index (κ3) is 2.64. The lowest BCUT2D eigenvalue weighted by Crippen LogP contribution is -1.99. The second-order valence-electron chi connectivity index (χ2n) is 4.06. The maximum absolute atomic E-state index is 13.4. The number of hydrogen-bond donors (Lipinski definition) is 2. The van der Waals surface area contributed by atoms with Gasteiger partial charge >= 0.3 is 0 Å². The van der Waals surface area contributed by atoms with Crippen molar-refractivity contribution in [3.05, 3.63) is 35.6 Å². The molecule has 0 bridgehead atoms. The van der Waals surface area contributed by atoms with Gasteiger partial charge < -0.3 is 5.32 Å². The van der Waals surface area contributed by atoms with Crippen LogP contribution in [0.5, 0.6) is 0 Å². The van der Waals surface area contributed by atoms with Crippen LogP contribution in [0.4, 0.5) is 10.2 Å². The predicted octanol–water partition coefficient (Wildman–Crippen LogP) is 3.35. The fourth-order valence-corrected chi connectivity index (χ4v) is 1.57. The normalized spacial score (nSPS) is 10.5. The second-order valence-corrected chi connectivity index (χ2v) is 4.06. The summed E-state index contributed by atoms with van der Waals surface area (Å²) < 4.78 is 13.4. The molecule has 90 valence electrons. The average Bonchev–Trinajstić information content (AvgIpc) is 2.79. The Hall–Kier alpha value is -1.84. The lowest BCUT2D eigenvalue weighted by atomic mass is 10.1. The molecule has 0 atom stereocenters. The number of halogens is 1. The van der Waals surface area contributed by atoms with Crippen LogP contribution in [0.3, 0.4) is 0 Å². The van der Waals surface area contributed by atoms with E-state index in [9.17, 15) is 4.39 Å². The van der Waals surface area contributed by atoms with Crippen LogP contribution in [-0.4, -0.2) is 16.7 Å². The van der Waals surface area contributed by atoms with Gasteiger partial charge in [-0.2, -0.15) is 5.10 Å². The van der Waals surface area contributed by atoms with E-state index in [4.69, 9.17) is 0 Å². The van der Waals surface area contributed by atoms with Gasteiger partial charge in [0, 0.05) is 18.2 Å². The Balaban J connectivity index is 2.21. The molecule has 2 N–H and O–H groups in total. The summed E-state index contributed by atoms with van der Waals surface area (Å²) in [7, 11) is 0. The van der Waals surface area contributed by atoms with Gasteiger partial charge in [-0.1, -0.05) is 19.1 Å². The molecule has 2 rings (SSSR count). The number of hydrogen-bond acceptors (Lipinski definition) is 2. The largest absolute Gasteiger partial charge is 0.369 e. The van der Waals surface area contributed by atoms with Crippen molar-refractivity contribution in [1.29, 1.82) is 0 Å². The maximum atomic E-state index is 13.4. The molecule has 0 saturated heterocycles. The summed E-state index contributed by atoms with van der Waals surface area (Å²) in [4.78, 5) is 0. The Labute approximate surface area is 100 Å². The van der Waals surface area contributed by atoms with Gasteiger partial charge in [0.2, 0.25) is 0 Å². The molecule has 0 saturated carbocycles. The molecule has 2 aromatic rings. The van der Waals surface area contributed by atoms with Crippen molar-refractivity contribution < 1.29 is 4.39 Å². The molecular formula is C13H16FN3. The Bertz CT molecular complexity index is 505. The number of aromatic nitrogens is 2. The number of benzene rings is 1. The van der Waals surface area contributed by atoms with Crippen molar-refractivity contribution in [2.24, 2.45) is 0 Å². The van der Waals surface area contributed by atoms with Crippen molar-refractivity contribution in [1.82, 2.24) is 10.2 Å². The fraction of sp³-hybridized carbons (Fsp3) is 0.308. The highest BCUT2D eigenvalue weighted by Gasteiger charge is 2.05. The smallest absolute Gasteiger partial charge is 0.148 e. The third-order valence-corrected chi connectivity index (χ3v) is 2.62. The van der Waals surface area contributed by atoms with Crippen molar-refractivity contribution in [2.45, 2.75) is 20.3 Å². The number of H-pyrrole nitrogens is 1. The van der Waals surface area contributed by atoms with Crippen LogP contribution in [0.2, 0.25) is 0 Å². The lowest BCUT2D eigenvalue weighted by Gasteiger charge is -2.00. The summed E-state index contributed by atoms with van der Waals surface area (Å²) in [5.41, 5.74) is 2.28. The molecule has 0 fully saturated rings. The van der Waals surface area contributed by atoms with E-state index in [1.807, 2.05) is 12.1 Å². The summed E-state index contributed by atoms with van der Waals surface area (Å²) in [5, 5.41) is 10.2. The van der Waals surface area contributed by atoms with E-state index in [-0.39, 0.29) is 5.82 Å². The van der Waals surface area contributed by atoms with E-state index >= 15 is 0 Å². The Morgan fingerprint density at radius 2 is 2.18 bits per heavy atom. The zero-order valence-corrected chi connectivity index (χ0v) is 10.0. The first-order valence-electron chi connectivity index (χ1n) is 5.76. The van der Waals surface area contributed by atoms with E-state index in [0.717, 1.165) is 30.0 Å². The first kappa shape index (κ1) is 11.6. The van der Waals surface area contributed by atoms with Crippen molar-refractivity contribution in [3.8, 4) is 11.3 Å². The van der Waals surface area contributed by atoms with Gasteiger partial charge in [0.15, 0.2) is 0 Å². The monoisotopic (exact) mass is 233 g/mol. The molecule has 0 amide bonds. The molecule has 0 aliphatic carbocycles. The highest BCUT2D eigenvalue weighted by Crippen LogP contribution is 2.21. The minimum Gasteiger partial charge on any atom is -0.369 e. The Kier molecular flexibility index (Phi) is 3.42. The minimum absolute atomic E-state index is 0.194. The van der Waals surface area contributed by atoms with Crippen LogP contribution in [0.1, 0.15) is 18.9 Å². The van der Waals surface area contributed by atoms with Crippen LogP contribution in [0.15, 0.2) is 24.3 Å². The van der Waals surface area contributed by atoms with Gasteiger partial charge in [0.05, 0.1) is 5.69 Å². The molecule has 0 radical (unpaired) electrons. The molecule has 0 spiro atoms. The van der Waals surface area contributed by atoms with E-state index in [1.54, 1.807) is 13.0 Å². The first-order chi connectivity index (χ1) is 8.20. The number of rotatable bonds is 4. The van der Waals surface area contributed by atoms with Crippen molar-refractivity contribution in [3.63, 3.8) is 0 Å². The van der Waals surface area contributed by atoms with Crippen LogP contribution < -0.4 is 5.32 Å². The van der Waals surface area contributed by atoms with E-state index in [1.165, 1.54) is 6.07 Å². The van der Waals surface area contributed by atoms with Gasteiger partial charge in [0.25, 0.3) is 0 Å². The summed E-state index contributed by atoms with van der Waals surface area (Å²) in [6, 6.07) is 7.06.